The molecule has 0 unspecified atom stereocenters. The molecule has 0 atom stereocenters. The van der Waals surface area contributed by atoms with Crippen molar-refractivity contribution in [3.05, 3.63) is 21.1 Å². The number of hydrogen-bond acceptors (Lipinski definition) is 2. The summed E-state index contributed by atoms with van der Waals surface area (Å²) < 4.78 is 1.76. The molecule has 92 valence electrons. The first-order chi connectivity index (χ1) is 7.35. The second-order valence-electron chi connectivity index (χ2n) is 4.76. The van der Waals surface area contributed by atoms with Crippen LogP contribution in [-0.4, -0.2) is 14.5 Å². The number of aryl methyl sites for hydroxylation is 1. The monoisotopic (exact) mass is 262 g/mol. The maximum Gasteiger partial charge on any atom is 0.285 e. The molecule has 0 saturated heterocycles. The molecule has 0 radical (unpaired) electrons. The fourth-order valence-corrected chi connectivity index (χ4v) is 2.35. The Morgan fingerprint density at radius 1 is 1.44 bits per heavy atom. The Morgan fingerprint density at radius 2 is 2.06 bits per heavy atom. The van der Waals surface area contributed by atoms with Crippen LogP contribution in [0.25, 0.3) is 0 Å². The number of aromatic nitrogens is 2. The average Bonchev–Trinajstić information content (AvgIpc) is 2.43. The van der Waals surface area contributed by atoms with E-state index in [1.54, 1.807) is 16.4 Å². The van der Waals surface area contributed by atoms with Gasteiger partial charge in [0.2, 0.25) is 0 Å². The molecule has 0 aliphatic carbocycles. The molecule has 1 rings (SSSR count). The zero-order valence-electron chi connectivity index (χ0n) is 10.3. The Kier molecular flexibility index (Phi) is 4.56. The molecular formula is C11H19ClN2OS. The van der Waals surface area contributed by atoms with Crippen LogP contribution in [0.5, 0.6) is 0 Å². The van der Waals surface area contributed by atoms with E-state index >= 15 is 0 Å². The van der Waals surface area contributed by atoms with Gasteiger partial charge in [-0.25, -0.2) is 0 Å². The van der Waals surface area contributed by atoms with Crippen molar-refractivity contribution >= 4 is 23.4 Å². The third-order valence-corrected chi connectivity index (χ3v) is 3.75. The van der Waals surface area contributed by atoms with Gasteiger partial charge in [-0.05, 0) is 6.42 Å². The summed E-state index contributed by atoms with van der Waals surface area (Å²) in [5.41, 5.74) is 0.730. The summed E-state index contributed by atoms with van der Waals surface area (Å²) in [7, 11) is 0. The van der Waals surface area contributed by atoms with Crippen molar-refractivity contribution in [2.45, 2.75) is 51.2 Å². The first kappa shape index (κ1) is 13.7. The zero-order chi connectivity index (χ0) is 12.3. The van der Waals surface area contributed by atoms with Crippen LogP contribution in [0.15, 0.2) is 4.79 Å². The lowest BCUT2D eigenvalue weighted by Gasteiger charge is -2.16. The number of nitrogens with zero attached hydrogens (tertiary/aromatic N) is 1. The highest BCUT2D eigenvalue weighted by Crippen LogP contribution is 2.28. The minimum Gasteiger partial charge on any atom is -0.297 e. The maximum absolute atomic E-state index is 11.7. The lowest BCUT2D eigenvalue weighted by Crippen LogP contribution is -2.16. The number of halogens is 1. The second-order valence-corrected chi connectivity index (χ2v) is 6.94. The second kappa shape index (κ2) is 5.32. The van der Waals surface area contributed by atoms with Crippen molar-refractivity contribution in [3.8, 4) is 0 Å². The van der Waals surface area contributed by atoms with Gasteiger partial charge in [0, 0.05) is 17.0 Å². The lowest BCUT2D eigenvalue weighted by atomic mass is 10.3. The van der Waals surface area contributed by atoms with Crippen molar-refractivity contribution in [3.63, 3.8) is 0 Å². The first-order valence-electron chi connectivity index (χ1n) is 5.46. The predicted molar refractivity (Wildman–Crippen MR) is 71.4 cm³/mol. The molecule has 1 aromatic rings. The van der Waals surface area contributed by atoms with Crippen molar-refractivity contribution in [1.82, 2.24) is 9.78 Å². The van der Waals surface area contributed by atoms with E-state index in [1.807, 2.05) is 6.92 Å². The number of thioether (sulfide) groups is 1. The SMILES string of the molecule is CCCn1[nH]c(CSC(C)(C)C)c(Cl)c1=O. The molecule has 5 heteroatoms. The Morgan fingerprint density at radius 3 is 2.56 bits per heavy atom. The van der Waals surface area contributed by atoms with E-state index in [4.69, 9.17) is 11.6 Å². The van der Waals surface area contributed by atoms with E-state index < -0.39 is 0 Å². The predicted octanol–water partition coefficient (Wildman–Crippen LogP) is 3.27. The fraction of sp³-hybridized carbons (Fsp3) is 0.727. The quantitative estimate of drug-likeness (QED) is 0.904. The zero-order valence-corrected chi connectivity index (χ0v) is 11.8. The number of hydrogen-bond donors (Lipinski definition) is 1. The Hall–Kier alpha value is -0.350. The molecule has 0 aliphatic heterocycles. The van der Waals surface area contributed by atoms with E-state index in [0.29, 0.717) is 11.6 Å². The Bertz CT molecular complexity index is 403. The third kappa shape index (κ3) is 3.59. The molecule has 1 heterocycles. The number of rotatable bonds is 4. The van der Waals surface area contributed by atoms with Crippen LogP contribution in [0.1, 0.15) is 39.8 Å². The fourth-order valence-electron chi connectivity index (χ4n) is 1.28. The van der Waals surface area contributed by atoms with Gasteiger partial charge in [-0.1, -0.05) is 39.3 Å². The summed E-state index contributed by atoms with van der Waals surface area (Å²) in [6, 6.07) is 0. The molecular weight excluding hydrogens is 244 g/mol. The highest BCUT2D eigenvalue weighted by atomic mass is 35.5. The molecule has 0 fully saturated rings. The molecule has 16 heavy (non-hydrogen) atoms. The van der Waals surface area contributed by atoms with Crippen molar-refractivity contribution in [2.24, 2.45) is 0 Å². The van der Waals surface area contributed by atoms with Crippen LogP contribution in [0.3, 0.4) is 0 Å². The lowest BCUT2D eigenvalue weighted by molar-refractivity contribution is 0.581. The third-order valence-electron chi connectivity index (χ3n) is 2.06. The van der Waals surface area contributed by atoms with Crippen LogP contribution in [0.2, 0.25) is 5.02 Å². The van der Waals surface area contributed by atoms with Crippen LogP contribution >= 0.6 is 23.4 Å². The minimum absolute atomic E-state index is 0.104. The largest absolute Gasteiger partial charge is 0.297 e. The molecule has 1 N–H and O–H groups in total. The average molecular weight is 263 g/mol. The van der Waals surface area contributed by atoms with Crippen LogP contribution in [0, 0.1) is 0 Å². The summed E-state index contributed by atoms with van der Waals surface area (Å²) in [6.45, 7) is 9.16. The molecule has 0 saturated carbocycles. The van der Waals surface area contributed by atoms with Gasteiger partial charge in [-0.3, -0.25) is 14.6 Å². The van der Waals surface area contributed by atoms with Gasteiger partial charge in [-0.2, -0.15) is 0 Å². The first-order valence-corrected chi connectivity index (χ1v) is 6.82. The smallest absolute Gasteiger partial charge is 0.285 e. The van der Waals surface area contributed by atoms with Crippen molar-refractivity contribution in [1.29, 1.82) is 0 Å². The standard InChI is InChI=1S/C11H19ClN2OS/c1-5-6-14-10(15)9(12)8(13-14)7-16-11(2,3)4/h13H,5-7H2,1-4H3. The van der Waals surface area contributed by atoms with Gasteiger partial charge in [0.15, 0.2) is 0 Å². The van der Waals surface area contributed by atoms with E-state index in [9.17, 15) is 4.79 Å². The van der Waals surface area contributed by atoms with Gasteiger partial charge >= 0.3 is 0 Å². The molecule has 0 aliphatic rings. The van der Waals surface area contributed by atoms with Crippen molar-refractivity contribution < 1.29 is 0 Å². The molecule has 0 spiro atoms. The number of H-pyrrole nitrogens is 1. The maximum atomic E-state index is 11.7. The molecule has 0 aromatic carbocycles. The van der Waals surface area contributed by atoms with Crippen LogP contribution in [0.4, 0.5) is 0 Å². The van der Waals surface area contributed by atoms with E-state index in [0.717, 1.165) is 17.9 Å². The molecule has 0 amide bonds. The molecule has 1 aromatic heterocycles. The van der Waals surface area contributed by atoms with Gasteiger partial charge in [0.05, 0.1) is 5.69 Å². The van der Waals surface area contributed by atoms with Gasteiger partial charge in [0.25, 0.3) is 5.56 Å². The highest BCUT2D eigenvalue weighted by molar-refractivity contribution is 7.99. The number of nitrogens with one attached hydrogen (secondary N) is 1. The molecule has 3 nitrogen and oxygen atoms in total. The summed E-state index contributed by atoms with van der Waals surface area (Å²) in [5.74, 6) is 0.744. The summed E-state index contributed by atoms with van der Waals surface area (Å²) in [6.07, 6.45) is 0.919. The van der Waals surface area contributed by atoms with Crippen LogP contribution < -0.4 is 5.56 Å². The van der Waals surface area contributed by atoms with E-state index in [1.165, 1.54) is 0 Å². The van der Waals surface area contributed by atoms with E-state index in [-0.39, 0.29) is 10.3 Å². The normalized spacial score (nSPS) is 12.1. The molecule has 0 bridgehead atoms. The van der Waals surface area contributed by atoms with Crippen LogP contribution in [-0.2, 0) is 12.3 Å². The summed E-state index contributed by atoms with van der Waals surface area (Å²) in [5, 5.41) is 3.41. The van der Waals surface area contributed by atoms with Gasteiger partial charge in [-0.15, -0.1) is 11.8 Å². The summed E-state index contributed by atoms with van der Waals surface area (Å²) >= 11 is 7.77. The van der Waals surface area contributed by atoms with E-state index in [2.05, 4.69) is 25.9 Å². The van der Waals surface area contributed by atoms with Crippen molar-refractivity contribution in [2.75, 3.05) is 0 Å². The topological polar surface area (TPSA) is 37.8 Å². The van der Waals surface area contributed by atoms with Gasteiger partial charge in [0.1, 0.15) is 5.02 Å². The minimum atomic E-state index is -0.104. The van der Waals surface area contributed by atoms with Gasteiger partial charge < -0.3 is 0 Å². The Balaban J connectivity index is 2.82. The Labute approximate surface area is 106 Å². The number of aromatic amines is 1. The highest BCUT2D eigenvalue weighted by Gasteiger charge is 2.16. The summed E-state index contributed by atoms with van der Waals surface area (Å²) in [4.78, 5) is 11.7.